The molecule has 2 rings (SSSR count). The molecule has 0 aliphatic rings. The van der Waals surface area contributed by atoms with E-state index in [4.69, 9.17) is 0 Å². The highest BCUT2D eigenvalue weighted by Gasteiger charge is 2.14. The van der Waals surface area contributed by atoms with Crippen molar-refractivity contribution in [3.63, 3.8) is 0 Å². The van der Waals surface area contributed by atoms with E-state index in [1.807, 2.05) is 57.4 Å². The van der Waals surface area contributed by atoms with Gasteiger partial charge in [-0.05, 0) is 26.0 Å². The lowest BCUT2D eigenvalue weighted by Crippen LogP contribution is -2.31. The van der Waals surface area contributed by atoms with Gasteiger partial charge in [0, 0.05) is 18.9 Å². The third kappa shape index (κ3) is 3.34. The summed E-state index contributed by atoms with van der Waals surface area (Å²) in [6.45, 7) is 3.73. The molecule has 0 saturated heterocycles. The second-order valence-corrected chi connectivity index (χ2v) is 4.52. The zero-order valence-electron chi connectivity index (χ0n) is 11.3. The first-order chi connectivity index (χ1) is 9.06. The van der Waals surface area contributed by atoms with Crippen LogP contribution in [0.2, 0.25) is 0 Å². The van der Waals surface area contributed by atoms with Crippen LogP contribution in [0.3, 0.4) is 0 Å². The molecule has 0 aliphatic heterocycles. The molecule has 0 saturated carbocycles. The monoisotopic (exact) mass is 258 g/mol. The third-order valence-electron chi connectivity index (χ3n) is 2.82. The van der Waals surface area contributed by atoms with E-state index in [9.17, 15) is 4.79 Å². The lowest BCUT2D eigenvalue weighted by molar-refractivity contribution is -0.116. The second kappa shape index (κ2) is 5.56. The van der Waals surface area contributed by atoms with Gasteiger partial charge in [-0.25, -0.2) is 0 Å². The molecule has 0 bridgehead atoms. The van der Waals surface area contributed by atoms with E-state index in [0.717, 1.165) is 17.1 Å². The van der Waals surface area contributed by atoms with Crippen molar-refractivity contribution in [1.29, 1.82) is 0 Å². The fourth-order valence-electron chi connectivity index (χ4n) is 1.81. The van der Waals surface area contributed by atoms with Crippen molar-refractivity contribution in [3.8, 4) is 0 Å². The normalized spacial score (nSPS) is 11.9. The lowest BCUT2D eigenvalue weighted by atomic mass is 10.2. The molecular formula is C14H18N4O. The summed E-state index contributed by atoms with van der Waals surface area (Å²) in [4.78, 5) is 12.0. The average Bonchev–Trinajstić information content (AvgIpc) is 2.69. The van der Waals surface area contributed by atoms with E-state index in [1.165, 1.54) is 0 Å². The molecule has 1 heterocycles. The summed E-state index contributed by atoms with van der Waals surface area (Å²) in [5.74, 6) is -0.0746. The molecule has 0 aliphatic carbocycles. The van der Waals surface area contributed by atoms with Crippen LogP contribution in [-0.2, 0) is 11.8 Å². The minimum atomic E-state index is -0.330. The summed E-state index contributed by atoms with van der Waals surface area (Å²) >= 11 is 0. The van der Waals surface area contributed by atoms with Gasteiger partial charge in [0.25, 0.3) is 0 Å². The van der Waals surface area contributed by atoms with E-state index in [2.05, 4.69) is 15.7 Å². The van der Waals surface area contributed by atoms with Crippen LogP contribution in [0.25, 0.3) is 0 Å². The Balaban J connectivity index is 1.98. The largest absolute Gasteiger partial charge is 0.371 e. The average molecular weight is 258 g/mol. The maximum Gasteiger partial charge on any atom is 0.246 e. The summed E-state index contributed by atoms with van der Waals surface area (Å²) < 4.78 is 1.72. The van der Waals surface area contributed by atoms with Crippen molar-refractivity contribution in [2.24, 2.45) is 7.05 Å². The Bertz CT molecular complexity index is 562. The van der Waals surface area contributed by atoms with Crippen LogP contribution in [0.1, 0.15) is 12.6 Å². The van der Waals surface area contributed by atoms with Gasteiger partial charge < -0.3 is 10.6 Å². The molecule has 100 valence electrons. The first-order valence-corrected chi connectivity index (χ1v) is 6.19. The highest BCUT2D eigenvalue weighted by Crippen LogP contribution is 2.13. The molecule has 5 heteroatoms. The highest BCUT2D eigenvalue weighted by atomic mass is 16.2. The number of para-hydroxylation sites is 1. The van der Waals surface area contributed by atoms with Gasteiger partial charge >= 0.3 is 0 Å². The number of rotatable bonds is 4. The highest BCUT2D eigenvalue weighted by molar-refractivity contribution is 5.96. The van der Waals surface area contributed by atoms with E-state index in [1.54, 1.807) is 4.68 Å². The SMILES string of the molecule is Cc1nn(C)cc1NC(C)C(=O)Nc1ccccc1. The number of hydrogen-bond donors (Lipinski definition) is 2. The number of nitrogens with one attached hydrogen (secondary N) is 2. The molecule has 19 heavy (non-hydrogen) atoms. The zero-order chi connectivity index (χ0) is 13.8. The van der Waals surface area contributed by atoms with E-state index >= 15 is 0 Å². The van der Waals surface area contributed by atoms with Crippen LogP contribution >= 0.6 is 0 Å². The topological polar surface area (TPSA) is 59.0 Å². The molecule has 1 amide bonds. The summed E-state index contributed by atoms with van der Waals surface area (Å²) in [6.07, 6.45) is 1.86. The van der Waals surface area contributed by atoms with E-state index in [-0.39, 0.29) is 11.9 Å². The molecular weight excluding hydrogens is 240 g/mol. The van der Waals surface area contributed by atoms with Crippen molar-refractivity contribution in [1.82, 2.24) is 9.78 Å². The number of benzene rings is 1. The quantitative estimate of drug-likeness (QED) is 0.883. The molecule has 2 aromatic rings. The minimum Gasteiger partial charge on any atom is -0.371 e. The number of hydrogen-bond acceptors (Lipinski definition) is 3. The third-order valence-corrected chi connectivity index (χ3v) is 2.82. The standard InChI is InChI=1S/C14H18N4O/c1-10-13(9-18(3)17-10)15-11(2)14(19)16-12-7-5-4-6-8-12/h4-9,11,15H,1-3H3,(H,16,19). The summed E-state index contributed by atoms with van der Waals surface area (Å²) in [5, 5.41) is 10.2. The van der Waals surface area contributed by atoms with Gasteiger partial charge in [-0.2, -0.15) is 5.10 Å². The first kappa shape index (κ1) is 13.1. The Labute approximate surface area is 112 Å². The van der Waals surface area contributed by atoms with Gasteiger partial charge in [-0.3, -0.25) is 9.48 Å². The van der Waals surface area contributed by atoms with Crippen LogP contribution in [0.5, 0.6) is 0 Å². The molecule has 1 atom stereocenters. The molecule has 0 radical (unpaired) electrons. The number of aryl methyl sites for hydroxylation is 2. The number of carbonyl (C=O) groups excluding carboxylic acids is 1. The molecule has 1 unspecified atom stereocenters. The van der Waals surface area contributed by atoms with Gasteiger partial charge in [0.2, 0.25) is 5.91 Å². The minimum absolute atomic E-state index is 0.0746. The molecule has 5 nitrogen and oxygen atoms in total. The Morgan fingerprint density at radius 2 is 2.00 bits per heavy atom. The zero-order valence-corrected chi connectivity index (χ0v) is 11.3. The van der Waals surface area contributed by atoms with Crippen molar-refractivity contribution in [3.05, 3.63) is 42.2 Å². The molecule has 0 fully saturated rings. The van der Waals surface area contributed by atoms with Gasteiger partial charge in [0.15, 0.2) is 0 Å². The van der Waals surface area contributed by atoms with Crippen LogP contribution in [-0.4, -0.2) is 21.7 Å². The van der Waals surface area contributed by atoms with Crippen LogP contribution in [0, 0.1) is 6.92 Å². The van der Waals surface area contributed by atoms with Crippen LogP contribution in [0.4, 0.5) is 11.4 Å². The number of carbonyl (C=O) groups is 1. The van der Waals surface area contributed by atoms with Crippen LogP contribution < -0.4 is 10.6 Å². The summed E-state index contributed by atoms with van der Waals surface area (Å²) in [7, 11) is 1.85. The number of amides is 1. The second-order valence-electron chi connectivity index (χ2n) is 4.52. The number of nitrogens with zero attached hydrogens (tertiary/aromatic N) is 2. The molecule has 2 N–H and O–H groups in total. The van der Waals surface area contributed by atoms with Crippen molar-refractivity contribution >= 4 is 17.3 Å². The van der Waals surface area contributed by atoms with Crippen molar-refractivity contribution in [2.75, 3.05) is 10.6 Å². The van der Waals surface area contributed by atoms with Gasteiger partial charge in [-0.1, -0.05) is 18.2 Å². The van der Waals surface area contributed by atoms with E-state index in [0.29, 0.717) is 0 Å². The summed E-state index contributed by atoms with van der Waals surface area (Å²) in [6, 6.07) is 9.08. The Morgan fingerprint density at radius 1 is 1.32 bits per heavy atom. The van der Waals surface area contributed by atoms with Crippen molar-refractivity contribution in [2.45, 2.75) is 19.9 Å². The predicted molar refractivity (Wildman–Crippen MR) is 76.1 cm³/mol. The smallest absolute Gasteiger partial charge is 0.246 e. The Hall–Kier alpha value is -2.30. The maximum atomic E-state index is 12.0. The molecule has 0 spiro atoms. The predicted octanol–water partition coefficient (Wildman–Crippen LogP) is 2.17. The number of anilines is 2. The molecule has 1 aromatic heterocycles. The fraction of sp³-hybridized carbons (Fsp3) is 0.286. The van der Waals surface area contributed by atoms with Gasteiger partial charge in [0.05, 0.1) is 11.4 Å². The Kier molecular flexibility index (Phi) is 3.85. The fourth-order valence-corrected chi connectivity index (χ4v) is 1.81. The molecule has 1 aromatic carbocycles. The van der Waals surface area contributed by atoms with E-state index < -0.39 is 0 Å². The summed E-state index contributed by atoms with van der Waals surface area (Å²) in [5.41, 5.74) is 2.55. The first-order valence-electron chi connectivity index (χ1n) is 6.19. The van der Waals surface area contributed by atoms with Gasteiger partial charge in [0.1, 0.15) is 6.04 Å². The maximum absolute atomic E-state index is 12.0. The number of aromatic nitrogens is 2. The van der Waals surface area contributed by atoms with Gasteiger partial charge in [-0.15, -0.1) is 0 Å². The lowest BCUT2D eigenvalue weighted by Gasteiger charge is -2.14. The van der Waals surface area contributed by atoms with Crippen LogP contribution in [0.15, 0.2) is 36.5 Å². The van der Waals surface area contributed by atoms with Crippen molar-refractivity contribution < 1.29 is 4.79 Å². The Morgan fingerprint density at radius 3 is 2.58 bits per heavy atom.